The van der Waals surface area contributed by atoms with Gasteiger partial charge in [0.1, 0.15) is 12.4 Å². The van der Waals surface area contributed by atoms with E-state index in [-0.39, 0.29) is 29.8 Å². The molecular formula is C17H27ClN2O2. The fourth-order valence-electron chi connectivity index (χ4n) is 2.96. The number of carbonyl (C=O) groups is 1. The van der Waals surface area contributed by atoms with Crippen LogP contribution < -0.4 is 15.8 Å². The van der Waals surface area contributed by atoms with Crippen molar-refractivity contribution < 1.29 is 9.53 Å². The third-order valence-electron chi connectivity index (χ3n) is 4.23. The Kier molecular flexibility index (Phi) is 7.17. The molecule has 4 nitrogen and oxygen atoms in total. The van der Waals surface area contributed by atoms with Crippen LogP contribution in [0.1, 0.15) is 38.2 Å². The van der Waals surface area contributed by atoms with Crippen LogP contribution in [0, 0.1) is 12.8 Å². The molecule has 2 rings (SSSR count). The highest BCUT2D eigenvalue weighted by molar-refractivity contribution is 5.85. The SMILES string of the molecule is Cc1cccc(OCCNC(=O)C2CCCCC2(C)N)c1.Cl. The van der Waals surface area contributed by atoms with Crippen LogP contribution in [0.5, 0.6) is 5.75 Å². The Bertz CT molecular complexity index is 491. The first-order valence-electron chi connectivity index (χ1n) is 7.75. The van der Waals surface area contributed by atoms with E-state index in [1.807, 2.05) is 38.1 Å². The number of ether oxygens (including phenoxy) is 1. The molecule has 0 heterocycles. The molecule has 22 heavy (non-hydrogen) atoms. The summed E-state index contributed by atoms with van der Waals surface area (Å²) < 4.78 is 5.63. The molecule has 0 aliphatic heterocycles. The number of benzene rings is 1. The molecule has 1 saturated carbocycles. The quantitative estimate of drug-likeness (QED) is 0.818. The Hall–Kier alpha value is -1.26. The van der Waals surface area contributed by atoms with Gasteiger partial charge in [0.25, 0.3) is 0 Å². The Labute approximate surface area is 139 Å². The molecule has 2 unspecified atom stereocenters. The highest BCUT2D eigenvalue weighted by atomic mass is 35.5. The fourth-order valence-corrected chi connectivity index (χ4v) is 2.96. The number of hydrogen-bond acceptors (Lipinski definition) is 3. The Morgan fingerprint density at radius 1 is 1.45 bits per heavy atom. The molecule has 5 heteroatoms. The summed E-state index contributed by atoms with van der Waals surface area (Å²) in [6.45, 7) is 5.00. The standard InChI is InChI=1S/C17H26N2O2.ClH/c1-13-6-5-7-14(12-13)21-11-10-19-16(20)15-8-3-4-9-17(15,2)18;/h5-7,12,15H,3-4,8-11,18H2,1-2H3,(H,19,20);1H. The first-order valence-corrected chi connectivity index (χ1v) is 7.75. The van der Waals surface area contributed by atoms with Crippen LogP contribution in [-0.2, 0) is 4.79 Å². The lowest BCUT2D eigenvalue weighted by atomic mass is 9.74. The largest absolute Gasteiger partial charge is 0.492 e. The van der Waals surface area contributed by atoms with E-state index in [1.165, 1.54) is 0 Å². The predicted octanol–water partition coefficient (Wildman–Crippen LogP) is 2.82. The van der Waals surface area contributed by atoms with Crippen molar-refractivity contribution in [1.82, 2.24) is 5.32 Å². The van der Waals surface area contributed by atoms with Gasteiger partial charge in [0, 0.05) is 5.54 Å². The van der Waals surface area contributed by atoms with Crippen LogP contribution in [0.3, 0.4) is 0 Å². The summed E-state index contributed by atoms with van der Waals surface area (Å²) >= 11 is 0. The van der Waals surface area contributed by atoms with E-state index in [9.17, 15) is 4.79 Å². The van der Waals surface area contributed by atoms with Gasteiger partial charge in [-0.1, -0.05) is 25.0 Å². The van der Waals surface area contributed by atoms with E-state index in [2.05, 4.69) is 5.32 Å². The molecule has 0 spiro atoms. The number of hydrogen-bond donors (Lipinski definition) is 2. The van der Waals surface area contributed by atoms with Crippen molar-refractivity contribution >= 4 is 18.3 Å². The van der Waals surface area contributed by atoms with E-state index in [1.54, 1.807) is 0 Å². The normalized spacial score (nSPS) is 24.2. The zero-order chi connectivity index (χ0) is 15.3. The second-order valence-corrected chi connectivity index (χ2v) is 6.26. The maximum atomic E-state index is 12.2. The summed E-state index contributed by atoms with van der Waals surface area (Å²) in [5, 5.41) is 2.95. The first kappa shape index (κ1) is 18.8. The number of halogens is 1. The third-order valence-corrected chi connectivity index (χ3v) is 4.23. The molecule has 0 saturated heterocycles. The lowest BCUT2D eigenvalue weighted by Gasteiger charge is -2.37. The van der Waals surface area contributed by atoms with Gasteiger partial charge in [0.15, 0.2) is 0 Å². The summed E-state index contributed by atoms with van der Waals surface area (Å²) in [6, 6.07) is 7.90. The Morgan fingerprint density at radius 3 is 2.91 bits per heavy atom. The average Bonchev–Trinajstić information content (AvgIpc) is 2.43. The molecule has 1 amide bonds. The molecule has 124 valence electrons. The molecule has 1 aromatic rings. The van der Waals surface area contributed by atoms with Crippen molar-refractivity contribution in [2.45, 2.75) is 45.1 Å². The Morgan fingerprint density at radius 2 is 2.23 bits per heavy atom. The summed E-state index contributed by atoms with van der Waals surface area (Å²) in [5.41, 5.74) is 7.03. The van der Waals surface area contributed by atoms with Gasteiger partial charge < -0.3 is 15.8 Å². The molecule has 0 radical (unpaired) electrons. The van der Waals surface area contributed by atoms with E-state index in [4.69, 9.17) is 10.5 Å². The van der Waals surface area contributed by atoms with Crippen LogP contribution in [0.25, 0.3) is 0 Å². The van der Waals surface area contributed by atoms with Gasteiger partial charge in [-0.15, -0.1) is 12.4 Å². The lowest BCUT2D eigenvalue weighted by Crippen LogP contribution is -2.53. The van der Waals surface area contributed by atoms with Gasteiger partial charge in [-0.25, -0.2) is 0 Å². The van der Waals surface area contributed by atoms with Crippen LogP contribution in [0.15, 0.2) is 24.3 Å². The average molecular weight is 327 g/mol. The van der Waals surface area contributed by atoms with Crippen molar-refractivity contribution in [2.24, 2.45) is 11.7 Å². The lowest BCUT2D eigenvalue weighted by molar-refractivity contribution is -0.128. The van der Waals surface area contributed by atoms with Crippen molar-refractivity contribution in [3.8, 4) is 5.75 Å². The van der Waals surface area contributed by atoms with Crippen molar-refractivity contribution in [3.63, 3.8) is 0 Å². The number of nitrogens with two attached hydrogens (primary N) is 1. The number of carbonyl (C=O) groups excluding carboxylic acids is 1. The summed E-state index contributed by atoms with van der Waals surface area (Å²) in [6.07, 6.45) is 4.01. The van der Waals surface area contributed by atoms with E-state index < -0.39 is 0 Å². The van der Waals surface area contributed by atoms with Gasteiger partial charge in [-0.05, 0) is 44.4 Å². The molecule has 1 aliphatic rings. The van der Waals surface area contributed by atoms with Crippen LogP contribution in [0.4, 0.5) is 0 Å². The zero-order valence-electron chi connectivity index (χ0n) is 13.4. The number of aryl methyl sites for hydroxylation is 1. The van der Waals surface area contributed by atoms with Crippen molar-refractivity contribution in [1.29, 1.82) is 0 Å². The highest BCUT2D eigenvalue weighted by Gasteiger charge is 2.37. The highest BCUT2D eigenvalue weighted by Crippen LogP contribution is 2.31. The summed E-state index contributed by atoms with van der Waals surface area (Å²) in [5.74, 6) is 0.823. The van der Waals surface area contributed by atoms with E-state index >= 15 is 0 Å². The predicted molar refractivity (Wildman–Crippen MR) is 91.5 cm³/mol. The van der Waals surface area contributed by atoms with Gasteiger partial charge in [0.05, 0.1) is 12.5 Å². The Balaban J connectivity index is 0.00000242. The molecule has 3 N–H and O–H groups in total. The van der Waals surface area contributed by atoms with E-state index in [0.29, 0.717) is 13.2 Å². The molecule has 2 atom stereocenters. The fraction of sp³-hybridized carbons (Fsp3) is 0.588. The zero-order valence-corrected chi connectivity index (χ0v) is 14.2. The van der Waals surface area contributed by atoms with Crippen LogP contribution in [0.2, 0.25) is 0 Å². The van der Waals surface area contributed by atoms with Gasteiger partial charge in [-0.2, -0.15) is 0 Å². The number of rotatable bonds is 5. The summed E-state index contributed by atoms with van der Waals surface area (Å²) in [4.78, 5) is 12.2. The molecule has 1 fully saturated rings. The van der Waals surface area contributed by atoms with Crippen molar-refractivity contribution in [2.75, 3.05) is 13.2 Å². The molecule has 0 bridgehead atoms. The molecule has 1 aromatic carbocycles. The monoisotopic (exact) mass is 326 g/mol. The van der Waals surface area contributed by atoms with Gasteiger partial charge >= 0.3 is 0 Å². The smallest absolute Gasteiger partial charge is 0.225 e. The first-order chi connectivity index (χ1) is 9.99. The van der Waals surface area contributed by atoms with Crippen LogP contribution >= 0.6 is 12.4 Å². The topological polar surface area (TPSA) is 64.3 Å². The molecule has 1 aliphatic carbocycles. The minimum atomic E-state index is -0.375. The van der Waals surface area contributed by atoms with E-state index in [0.717, 1.165) is 37.0 Å². The second kappa shape index (κ2) is 8.39. The molecular weight excluding hydrogens is 300 g/mol. The van der Waals surface area contributed by atoms with Crippen LogP contribution in [-0.4, -0.2) is 24.6 Å². The third kappa shape index (κ3) is 5.18. The van der Waals surface area contributed by atoms with Gasteiger partial charge in [-0.3, -0.25) is 4.79 Å². The minimum Gasteiger partial charge on any atom is -0.492 e. The van der Waals surface area contributed by atoms with Gasteiger partial charge in [0.2, 0.25) is 5.91 Å². The van der Waals surface area contributed by atoms with Crippen molar-refractivity contribution in [3.05, 3.63) is 29.8 Å². The second-order valence-electron chi connectivity index (χ2n) is 6.26. The molecule has 0 aromatic heterocycles. The summed E-state index contributed by atoms with van der Waals surface area (Å²) in [7, 11) is 0. The maximum absolute atomic E-state index is 12.2. The minimum absolute atomic E-state index is 0. The number of amides is 1. The number of nitrogens with one attached hydrogen (secondary N) is 1. The maximum Gasteiger partial charge on any atom is 0.225 e.